The molecular weight excluding hydrogens is 312 g/mol. The van der Waals surface area contributed by atoms with Crippen LogP contribution in [0.15, 0.2) is 42.5 Å². The Morgan fingerprint density at radius 1 is 0.760 bits per heavy atom. The normalized spacial score (nSPS) is 29.1. The van der Waals surface area contributed by atoms with Crippen molar-refractivity contribution in [3.05, 3.63) is 70.3 Å². The lowest BCUT2D eigenvalue weighted by Crippen LogP contribution is -2.41. The lowest BCUT2D eigenvalue weighted by molar-refractivity contribution is -0.153. The number of rotatable bonds is 0. The topological polar surface area (TPSA) is 43.4 Å². The van der Waals surface area contributed by atoms with Gasteiger partial charge in [-0.1, -0.05) is 63.2 Å². The van der Waals surface area contributed by atoms with Gasteiger partial charge in [0, 0.05) is 11.8 Å². The Morgan fingerprint density at radius 3 is 1.84 bits per heavy atom. The number of carbonyl (C=O) groups is 2. The van der Waals surface area contributed by atoms with Crippen molar-refractivity contribution in [3.63, 3.8) is 0 Å². The van der Waals surface area contributed by atoms with E-state index in [-0.39, 0.29) is 41.0 Å². The molecule has 0 saturated carbocycles. The highest BCUT2D eigenvalue weighted by atomic mass is 16.6. The molecule has 0 amide bonds. The quantitative estimate of drug-likeness (QED) is 0.543. The molecule has 1 aliphatic heterocycles. The fraction of sp³-hybridized carbons (Fsp3) is 0.364. The number of hydrogen-bond donors (Lipinski definition) is 0. The first-order chi connectivity index (χ1) is 11.9. The van der Waals surface area contributed by atoms with Gasteiger partial charge in [-0.25, -0.2) is 0 Å². The molecule has 2 aromatic rings. The molecule has 1 saturated heterocycles. The summed E-state index contributed by atoms with van der Waals surface area (Å²) in [6.07, 6.45) is 0. The van der Waals surface area contributed by atoms with Crippen LogP contribution in [0.3, 0.4) is 0 Å². The summed E-state index contributed by atoms with van der Waals surface area (Å²) in [7, 11) is 0. The van der Waals surface area contributed by atoms with Gasteiger partial charge in [-0.05, 0) is 33.2 Å². The van der Waals surface area contributed by atoms with Crippen molar-refractivity contribution in [1.82, 2.24) is 0 Å². The Kier molecular flexibility index (Phi) is 2.74. The highest BCUT2D eigenvalue weighted by molar-refractivity contribution is 6.00. The van der Waals surface area contributed by atoms with E-state index in [1.807, 2.05) is 12.1 Å². The van der Waals surface area contributed by atoms with Crippen molar-refractivity contribution in [2.45, 2.75) is 38.0 Å². The van der Waals surface area contributed by atoms with Gasteiger partial charge in [-0.2, -0.15) is 0 Å². The average molecular weight is 332 g/mol. The largest absolute Gasteiger partial charge is 0.393 e. The Bertz CT molecular complexity index is 935. The molecule has 3 aliphatic carbocycles. The van der Waals surface area contributed by atoms with Gasteiger partial charge >= 0.3 is 11.9 Å². The van der Waals surface area contributed by atoms with Gasteiger partial charge < -0.3 is 4.74 Å². The SMILES string of the molecule is CC(C)(C)c1ccc2c(c1)C1c3ccccc3C2C2C(=O)OC(=O)C12. The molecule has 126 valence electrons. The van der Waals surface area contributed by atoms with E-state index in [0.29, 0.717) is 0 Å². The Labute approximate surface area is 147 Å². The van der Waals surface area contributed by atoms with Crippen molar-refractivity contribution in [2.24, 2.45) is 11.8 Å². The minimum absolute atomic E-state index is 0.0383. The maximum Gasteiger partial charge on any atom is 0.318 e. The van der Waals surface area contributed by atoms with Gasteiger partial charge in [0.1, 0.15) is 0 Å². The number of cyclic esters (lactones) is 2. The highest BCUT2D eigenvalue weighted by Crippen LogP contribution is 2.60. The van der Waals surface area contributed by atoms with E-state index < -0.39 is 0 Å². The highest BCUT2D eigenvalue weighted by Gasteiger charge is 2.60. The van der Waals surface area contributed by atoms with Gasteiger partial charge in [-0.15, -0.1) is 0 Å². The zero-order chi connectivity index (χ0) is 17.5. The summed E-state index contributed by atoms with van der Waals surface area (Å²) in [6.45, 7) is 6.58. The van der Waals surface area contributed by atoms with E-state index in [4.69, 9.17) is 4.74 Å². The summed E-state index contributed by atoms with van der Waals surface area (Å²) in [5, 5.41) is 0. The van der Waals surface area contributed by atoms with Crippen molar-refractivity contribution < 1.29 is 14.3 Å². The van der Waals surface area contributed by atoms with Crippen LogP contribution in [-0.2, 0) is 19.7 Å². The first-order valence-electron chi connectivity index (χ1n) is 8.86. The predicted molar refractivity (Wildman–Crippen MR) is 93.3 cm³/mol. The first-order valence-corrected chi connectivity index (χ1v) is 8.86. The smallest absolute Gasteiger partial charge is 0.318 e. The van der Waals surface area contributed by atoms with Crippen molar-refractivity contribution in [3.8, 4) is 0 Å². The lowest BCUT2D eigenvalue weighted by atomic mass is 9.54. The van der Waals surface area contributed by atoms with Crippen LogP contribution in [0.4, 0.5) is 0 Å². The summed E-state index contributed by atoms with van der Waals surface area (Å²) in [5.41, 5.74) is 6.03. The van der Waals surface area contributed by atoms with Crippen LogP contribution in [-0.4, -0.2) is 11.9 Å². The van der Waals surface area contributed by atoms with Crippen LogP contribution in [0.2, 0.25) is 0 Å². The minimum atomic E-state index is -0.380. The van der Waals surface area contributed by atoms with Crippen LogP contribution in [0.25, 0.3) is 0 Å². The van der Waals surface area contributed by atoms with Gasteiger partial charge in [-0.3, -0.25) is 9.59 Å². The number of hydrogen-bond acceptors (Lipinski definition) is 3. The van der Waals surface area contributed by atoms with Crippen molar-refractivity contribution >= 4 is 11.9 Å². The second-order valence-electron chi connectivity index (χ2n) is 8.47. The fourth-order valence-corrected chi connectivity index (χ4v) is 5.00. The van der Waals surface area contributed by atoms with Gasteiger partial charge in [0.15, 0.2) is 0 Å². The number of carbonyl (C=O) groups excluding carboxylic acids is 2. The first kappa shape index (κ1) is 14.9. The molecule has 0 aromatic heterocycles. The van der Waals surface area contributed by atoms with E-state index in [1.54, 1.807) is 0 Å². The molecule has 0 spiro atoms. The molecule has 0 N–H and O–H groups in total. The van der Waals surface area contributed by atoms with E-state index >= 15 is 0 Å². The van der Waals surface area contributed by atoms with E-state index in [2.05, 4.69) is 51.1 Å². The molecule has 1 heterocycles. The van der Waals surface area contributed by atoms with Crippen LogP contribution in [0.5, 0.6) is 0 Å². The molecule has 3 heteroatoms. The van der Waals surface area contributed by atoms with E-state index in [1.165, 1.54) is 27.8 Å². The Morgan fingerprint density at radius 2 is 1.28 bits per heavy atom. The third-order valence-electron chi connectivity index (χ3n) is 6.14. The maximum absolute atomic E-state index is 12.5. The monoisotopic (exact) mass is 332 g/mol. The zero-order valence-electron chi connectivity index (χ0n) is 14.6. The summed E-state index contributed by atoms with van der Waals surface area (Å²) in [6, 6.07) is 14.8. The number of ether oxygens (including phenoxy) is 1. The van der Waals surface area contributed by atoms with Gasteiger partial charge in [0.25, 0.3) is 0 Å². The zero-order valence-corrected chi connectivity index (χ0v) is 14.6. The molecule has 6 rings (SSSR count). The third kappa shape index (κ3) is 1.81. The molecule has 4 atom stereocenters. The van der Waals surface area contributed by atoms with Crippen LogP contribution >= 0.6 is 0 Å². The summed E-state index contributed by atoms with van der Waals surface area (Å²) >= 11 is 0. The minimum Gasteiger partial charge on any atom is -0.393 e. The number of benzene rings is 2. The Balaban J connectivity index is 1.81. The Hall–Kier alpha value is -2.42. The van der Waals surface area contributed by atoms with Crippen molar-refractivity contribution in [1.29, 1.82) is 0 Å². The van der Waals surface area contributed by atoms with Crippen LogP contribution in [0, 0.1) is 11.8 Å². The lowest BCUT2D eigenvalue weighted by Gasteiger charge is -2.45. The van der Waals surface area contributed by atoms with Gasteiger partial charge in [0.2, 0.25) is 0 Å². The number of esters is 2. The predicted octanol–water partition coefficient (Wildman–Crippen LogP) is 3.89. The second-order valence-corrected chi connectivity index (χ2v) is 8.47. The maximum atomic E-state index is 12.5. The van der Waals surface area contributed by atoms with Crippen LogP contribution in [0.1, 0.15) is 60.4 Å². The van der Waals surface area contributed by atoms with Crippen LogP contribution < -0.4 is 0 Å². The average Bonchev–Trinajstić information content (AvgIpc) is 2.89. The van der Waals surface area contributed by atoms with Gasteiger partial charge in [0.05, 0.1) is 11.8 Å². The molecule has 25 heavy (non-hydrogen) atoms. The summed E-state index contributed by atoms with van der Waals surface area (Å²) in [4.78, 5) is 24.9. The molecule has 4 aliphatic rings. The van der Waals surface area contributed by atoms with Crippen molar-refractivity contribution in [2.75, 3.05) is 0 Å². The summed E-state index contributed by atoms with van der Waals surface area (Å²) < 4.78 is 5.07. The third-order valence-corrected chi connectivity index (χ3v) is 6.14. The molecule has 4 unspecified atom stereocenters. The standard InChI is InChI=1S/C22H20O3/c1-22(2,3)11-8-9-14-15(10-11)17-13-7-5-4-6-12(13)16(14)18-19(17)21(24)25-20(18)23/h4-10,16-19H,1-3H3. The molecule has 2 aromatic carbocycles. The molecule has 0 radical (unpaired) electrons. The fourth-order valence-electron chi connectivity index (χ4n) is 5.00. The molecular formula is C22H20O3. The van der Waals surface area contributed by atoms with E-state index in [9.17, 15) is 9.59 Å². The molecule has 3 nitrogen and oxygen atoms in total. The van der Waals surface area contributed by atoms with E-state index in [0.717, 1.165) is 0 Å². The molecule has 2 bridgehead atoms. The molecule has 1 fully saturated rings. The second kappa shape index (κ2) is 4.60. The summed E-state index contributed by atoms with van der Waals surface area (Å²) in [5.74, 6) is -1.62.